The first kappa shape index (κ1) is 16.7. The molecule has 2 aromatic carbocycles. The lowest BCUT2D eigenvalue weighted by Crippen LogP contribution is -2.29. The van der Waals surface area contributed by atoms with E-state index < -0.39 is 18.0 Å². The fraction of sp³-hybridized carbons (Fsp3) is 0.105. The molecule has 0 aliphatic rings. The molecule has 0 aliphatic carbocycles. The normalized spacial score (nSPS) is 11.5. The van der Waals surface area contributed by atoms with Crippen LogP contribution >= 0.6 is 11.3 Å². The third kappa shape index (κ3) is 3.84. The summed E-state index contributed by atoms with van der Waals surface area (Å²) in [5.74, 6) is -0.956. The number of benzene rings is 2. The zero-order chi connectivity index (χ0) is 17.8. The first-order valence-corrected chi connectivity index (χ1v) is 8.39. The average Bonchev–Trinajstić information content (AvgIpc) is 3.06. The molecule has 0 bridgehead atoms. The van der Waals surface area contributed by atoms with Crippen molar-refractivity contribution in [3.05, 3.63) is 65.0 Å². The minimum absolute atomic E-state index is 0.431. The summed E-state index contributed by atoms with van der Waals surface area (Å²) >= 11 is 1.33. The number of thiophene rings is 1. The molecule has 1 N–H and O–H groups in total. The smallest absolute Gasteiger partial charge is 0.349 e. The summed E-state index contributed by atoms with van der Waals surface area (Å²) in [6.45, 7) is 1.52. The number of esters is 1. The van der Waals surface area contributed by atoms with Gasteiger partial charge >= 0.3 is 5.97 Å². The fourth-order valence-electron chi connectivity index (χ4n) is 2.23. The van der Waals surface area contributed by atoms with E-state index in [0.717, 1.165) is 10.1 Å². The predicted molar refractivity (Wildman–Crippen MR) is 96.5 cm³/mol. The maximum absolute atomic E-state index is 12.2. The molecule has 0 spiro atoms. The zero-order valence-corrected chi connectivity index (χ0v) is 14.2. The van der Waals surface area contributed by atoms with Crippen molar-refractivity contribution < 1.29 is 14.3 Å². The van der Waals surface area contributed by atoms with E-state index in [9.17, 15) is 9.59 Å². The van der Waals surface area contributed by atoms with Crippen LogP contribution in [0.1, 0.15) is 22.2 Å². The molecule has 1 heterocycles. The highest BCUT2D eigenvalue weighted by molar-refractivity contribution is 7.20. The lowest BCUT2D eigenvalue weighted by Gasteiger charge is -2.13. The van der Waals surface area contributed by atoms with Crippen LogP contribution in [-0.4, -0.2) is 18.0 Å². The largest absolute Gasteiger partial charge is 0.448 e. The van der Waals surface area contributed by atoms with Crippen LogP contribution in [0.15, 0.2) is 54.6 Å². The van der Waals surface area contributed by atoms with Gasteiger partial charge in [-0.15, -0.1) is 11.3 Å². The van der Waals surface area contributed by atoms with Crippen molar-refractivity contribution >= 4 is 39.0 Å². The molecule has 0 fully saturated rings. The monoisotopic (exact) mass is 350 g/mol. The van der Waals surface area contributed by atoms with Gasteiger partial charge in [0.2, 0.25) is 0 Å². The molecule has 5 nitrogen and oxygen atoms in total. The van der Waals surface area contributed by atoms with Gasteiger partial charge in [-0.25, -0.2) is 4.79 Å². The number of hydrogen-bond acceptors (Lipinski definition) is 5. The van der Waals surface area contributed by atoms with Crippen molar-refractivity contribution in [2.75, 3.05) is 5.32 Å². The Kier molecular flexibility index (Phi) is 4.78. The van der Waals surface area contributed by atoms with Gasteiger partial charge < -0.3 is 10.1 Å². The second-order valence-electron chi connectivity index (χ2n) is 5.37. The van der Waals surface area contributed by atoms with Gasteiger partial charge in [-0.3, -0.25) is 4.79 Å². The van der Waals surface area contributed by atoms with Crippen LogP contribution in [0.2, 0.25) is 0 Å². The molecule has 3 rings (SSSR count). The summed E-state index contributed by atoms with van der Waals surface area (Å²) in [5.41, 5.74) is 1.04. The second-order valence-corrected chi connectivity index (χ2v) is 6.46. The summed E-state index contributed by atoms with van der Waals surface area (Å²) in [4.78, 5) is 24.9. The lowest BCUT2D eigenvalue weighted by atomic mass is 10.2. The highest BCUT2D eigenvalue weighted by atomic mass is 32.1. The highest BCUT2D eigenvalue weighted by Crippen LogP contribution is 2.26. The number of nitriles is 1. The molecule has 3 aromatic rings. The number of carbonyl (C=O) groups excluding carboxylic acids is 2. The minimum Gasteiger partial charge on any atom is -0.448 e. The van der Waals surface area contributed by atoms with Gasteiger partial charge in [-0.2, -0.15) is 5.26 Å². The van der Waals surface area contributed by atoms with E-state index in [-0.39, 0.29) is 0 Å². The van der Waals surface area contributed by atoms with Crippen molar-refractivity contribution in [1.29, 1.82) is 5.26 Å². The molecule has 0 saturated carbocycles. The van der Waals surface area contributed by atoms with Crippen molar-refractivity contribution in [2.24, 2.45) is 0 Å². The number of nitrogens with one attached hydrogen (secondary N) is 1. The Balaban J connectivity index is 1.63. The summed E-state index contributed by atoms with van der Waals surface area (Å²) in [7, 11) is 0. The SMILES string of the molecule is C[C@H](OC(=O)c1cc2ccccc2s1)C(=O)Nc1ccc(C#N)cc1. The van der Waals surface area contributed by atoms with Crippen LogP contribution in [0.4, 0.5) is 5.69 Å². The van der Waals surface area contributed by atoms with Gasteiger partial charge in [0.25, 0.3) is 5.91 Å². The molecule has 25 heavy (non-hydrogen) atoms. The van der Waals surface area contributed by atoms with Crippen molar-refractivity contribution in [3.8, 4) is 6.07 Å². The molecule has 0 unspecified atom stereocenters. The number of carbonyl (C=O) groups is 2. The maximum atomic E-state index is 12.2. The lowest BCUT2D eigenvalue weighted by molar-refractivity contribution is -0.123. The Bertz CT molecular complexity index is 937. The summed E-state index contributed by atoms with van der Waals surface area (Å²) in [6.07, 6.45) is -0.937. The van der Waals surface area contributed by atoms with E-state index in [1.165, 1.54) is 18.3 Å². The third-order valence-electron chi connectivity index (χ3n) is 3.56. The van der Waals surface area contributed by atoms with E-state index in [1.54, 1.807) is 30.3 Å². The molecule has 1 atom stereocenters. The molecule has 1 aromatic heterocycles. The Morgan fingerprint density at radius 2 is 1.88 bits per heavy atom. The van der Waals surface area contributed by atoms with Crippen LogP contribution in [0.25, 0.3) is 10.1 Å². The van der Waals surface area contributed by atoms with Gasteiger partial charge in [0.15, 0.2) is 6.10 Å². The Hall–Kier alpha value is -3.17. The third-order valence-corrected chi connectivity index (χ3v) is 4.66. The molecule has 0 aliphatic heterocycles. The highest BCUT2D eigenvalue weighted by Gasteiger charge is 2.20. The van der Waals surface area contributed by atoms with E-state index >= 15 is 0 Å². The number of rotatable bonds is 4. The van der Waals surface area contributed by atoms with Gasteiger partial charge in [-0.05, 0) is 48.7 Å². The maximum Gasteiger partial charge on any atom is 0.349 e. The Labute approximate surface area is 148 Å². The Morgan fingerprint density at radius 1 is 1.16 bits per heavy atom. The summed E-state index contributed by atoms with van der Waals surface area (Å²) in [6, 6.07) is 17.9. The molecule has 124 valence electrons. The molecule has 0 radical (unpaired) electrons. The van der Waals surface area contributed by atoms with Crippen molar-refractivity contribution in [2.45, 2.75) is 13.0 Å². The van der Waals surface area contributed by atoms with Crippen LogP contribution in [-0.2, 0) is 9.53 Å². The zero-order valence-electron chi connectivity index (χ0n) is 13.4. The van der Waals surface area contributed by atoms with E-state index in [0.29, 0.717) is 16.1 Å². The van der Waals surface area contributed by atoms with Gasteiger partial charge in [0, 0.05) is 10.4 Å². The second kappa shape index (κ2) is 7.16. The number of amides is 1. The molecule has 6 heteroatoms. The van der Waals surface area contributed by atoms with Gasteiger partial charge in [0.05, 0.1) is 11.6 Å². The molecular formula is C19H14N2O3S. The number of ether oxygens (including phenoxy) is 1. The summed E-state index contributed by atoms with van der Waals surface area (Å²) < 4.78 is 6.24. The topological polar surface area (TPSA) is 79.2 Å². The number of nitrogens with zero attached hydrogens (tertiary/aromatic N) is 1. The van der Waals surface area contributed by atoms with Crippen LogP contribution < -0.4 is 5.32 Å². The first-order valence-electron chi connectivity index (χ1n) is 7.57. The van der Waals surface area contributed by atoms with Crippen molar-refractivity contribution in [1.82, 2.24) is 0 Å². The average molecular weight is 350 g/mol. The number of hydrogen-bond donors (Lipinski definition) is 1. The van der Waals surface area contributed by atoms with Crippen LogP contribution in [0, 0.1) is 11.3 Å². The molecule has 0 saturated heterocycles. The van der Waals surface area contributed by atoms with Crippen LogP contribution in [0.5, 0.6) is 0 Å². The van der Waals surface area contributed by atoms with E-state index in [4.69, 9.17) is 10.00 Å². The van der Waals surface area contributed by atoms with Gasteiger partial charge in [-0.1, -0.05) is 18.2 Å². The number of anilines is 1. The molecule has 1 amide bonds. The van der Waals surface area contributed by atoms with Crippen molar-refractivity contribution in [3.63, 3.8) is 0 Å². The Morgan fingerprint density at radius 3 is 2.56 bits per heavy atom. The summed E-state index contributed by atoms with van der Waals surface area (Å²) in [5, 5.41) is 12.4. The fourth-order valence-corrected chi connectivity index (χ4v) is 3.17. The van der Waals surface area contributed by atoms with E-state index in [2.05, 4.69) is 5.32 Å². The predicted octanol–water partition coefficient (Wildman–Crippen LogP) is 3.96. The minimum atomic E-state index is -0.937. The van der Waals surface area contributed by atoms with E-state index in [1.807, 2.05) is 30.3 Å². The quantitative estimate of drug-likeness (QED) is 0.723. The molecular weight excluding hydrogens is 336 g/mol. The standard InChI is InChI=1S/C19H14N2O3S/c1-12(18(22)21-15-8-6-13(11-20)7-9-15)24-19(23)17-10-14-4-2-3-5-16(14)25-17/h2-10,12H,1H3,(H,21,22)/t12-/m0/s1. The van der Waals surface area contributed by atoms with Gasteiger partial charge in [0.1, 0.15) is 4.88 Å². The number of fused-ring (bicyclic) bond motifs is 1. The first-order chi connectivity index (χ1) is 12.1. The van der Waals surface area contributed by atoms with Crippen LogP contribution in [0.3, 0.4) is 0 Å².